The number of aliphatic carboxylic acids is 1. The maximum absolute atomic E-state index is 10.4. The van der Waals surface area contributed by atoms with Gasteiger partial charge in [-0.3, -0.25) is 0 Å². The molecule has 1 aromatic heterocycles. The van der Waals surface area contributed by atoms with Crippen LogP contribution in [0.15, 0.2) is 12.3 Å². The second-order valence-electron chi connectivity index (χ2n) is 4.47. The number of piperidine rings is 1. The molecule has 0 unspecified atom stereocenters. The van der Waals surface area contributed by atoms with Crippen LogP contribution < -0.4 is 0 Å². The van der Waals surface area contributed by atoms with Gasteiger partial charge in [0.05, 0.1) is 0 Å². The van der Waals surface area contributed by atoms with E-state index in [4.69, 9.17) is 5.11 Å². The second-order valence-corrected chi connectivity index (χ2v) is 4.47. The van der Waals surface area contributed by atoms with E-state index in [1.165, 1.54) is 6.08 Å². The Morgan fingerprint density at radius 2 is 2.29 bits per heavy atom. The largest absolute Gasteiger partial charge is 0.478 e. The molecule has 5 nitrogen and oxygen atoms in total. The normalized spacial score (nSPS) is 18.9. The van der Waals surface area contributed by atoms with Crippen LogP contribution in [0.5, 0.6) is 0 Å². The molecule has 0 aromatic carbocycles. The maximum Gasteiger partial charge on any atom is 0.328 e. The molecule has 17 heavy (non-hydrogen) atoms. The number of imidazole rings is 1. The highest BCUT2D eigenvalue weighted by Crippen LogP contribution is 2.25. The molecule has 0 spiro atoms. The van der Waals surface area contributed by atoms with Gasteiger partial charge in [-0.05, 0) is 39.1 Å². The van der Waals surface area contributed by atoms with Crippen LogP contribution in [-0.2, 0) is 4.79 Å². The zero-order valence-corrected chi connectivity index (χ0v) is 9.89. The minimum Gasteiger partial charge on any atom is -0.478 e. The molecular formula is C12H17N3O2. The zero-order valence-electron chi connectivity index (χ0n) is 9.89. The third-order valence-electron chi connectivity index (χ3n) is 3.16. The minimum absolute atomic E-state index is 0.519. The Bertz CT molecular complexity index is 417. The molecule has 1 fully saturated rings. The average Bonchev–Trinajstić information content (AvgIpc) is 2.76. The van der Waals surface area contributed by atoms with Gasteiger partial charge in [0.2, 0.25) is 0 Å². The summed E-state index contributed by atoms with van der Waals surface area (Å²) in [6, 6.07) is 0. The number of nitrogens with zero attached hydrogens (tertiary/aromatic N) is 2. The van der Waals surface area contributed by atoms with E-state index in [1.54, 1.807) is 0 Å². The van der Waals surface area contributed by atoms with E-state index in [0.29, 0.717) is 11.7 Å². The molecule has 0 bridgehead atoms. The van der Waals surface area contributed by atoms with Crippen LogP contribution >= 0.6 is 0 Å². The molecule has 2 rings (SSSR count). The number of hydrogen-bond donors (Lipinski definition) is 2. The zero-order chi connectivity index (χ0) is 12.3. The van der Waals surface area contributed by atoms with Crippen molar-refractivity contribution in [1.82, 2.24) is 14.9 Å². The van der Waals surface area contributed by atoms with Gasteiger partial charge in [0.25, 0.3) is 0 Å². The van der Waals surface area contributed by atoms with Gasteiger partial charge in [0, 0.05) is 23.9 Å². The van der Waals surface area contributed by atoms with Crippen molar-refractivity contribution in [1.29, 1.82) is 0 Å². The number of carboxylic acids is 1. The number of carboxylic acid groups (broad SMARTS) is 1. The van der Waals surface area contributed by atoms with Gasteiger partial charge in [-0.2, -0.15) is 0 Å². The molecule has 0 amide bonds. The van der Waals surface area contributed by atoms with E-state index in [-0.39, 0.29) is 0 Å². The van der Waals surface area contributed by atoms with E-state index in [9.17, 15) is 4.79 Å². The molecular weight excluding hydrogens is 218 g/mol. The van der Waals surface area contributed by atoms with Crippen molar-refractivity contribution in [3.63, 3.8) is 0 Å². The number of rotatable bonds is 3. The molecule has 1 aromatic rings. The Kier molecular flexibility index (Phi) is 3.58. The molecule has 1 aliphatic heterocycles. The van der Waals surface area contributed by atoms with Crippen LogP contribution in [0.2, 0.25) is 0 Å². The number of carbonyl (C=O) groups is 1. The summed E-state index contributed by atoms with van der Waals surface area (Å²) in [5, 5.41) is 8.53. The lowest BCUT2D eigenvalue weighted by molar-refractivity contribution is -0.131. The van der Waals surface area contributed by atoms with Gasteiger partial charge in [-0.25, -0.2) is 9.78 Å². The summed E-state index contributed by atoms with van der Waals surface area (Å²) in [4.78, 5) is 20.0. The Morgan fingerprint density at radius 3 is 2.94 bits per heavy atom. The van der Waals surface area contributed by atoms with E-state index < -0.39 is 5.97 Å². The van der Waals surface area contributed by atoms with Gasteiger partial charge in [0.1, 0.15) is 5.82 Å². The monoisotopic (exact) mass is 235 g/mol. The van der Waals surface area contributed by atoms with Crippen molar-refractivity contribution < 1.29 is 9.90 Å². The highest BCUT2D eigenvalue weighted by atomic mass is 16.4. The Balaban J connectivity index is 2.00. The molecule has 2 N–H and O–H groups in total. The van der Waals surface area contributed by atoms with Gasteiger partial charge in [0.15, 0.2) is 0 Å². The van der Waals surface area contributed by atoms with Gasteiger partial charge < -0.3 is 15.0 Å². The van der Waals surface area contributed by atoms with Crippen LogP contribution in [0.3, 0.4) is 0 Å². The topological polar surface area (TPSA) is 69.2 Å². The first-order valence-corrected chi connectivity index (χ1v) is 5.79. The number of aromatic amines is 1. The summed E-state index contributed by atoms with van der Waals surface area (Å²) < 4.78 is 0. The van der Waals surface area contributed by atoms with Crippen molar-refractivity contribution >= 4 is 12.0 Å². The molecule has 92 valence electrons. The van der Waals surface area contributed by atoms with Crippen LogP contribution in [0.1, 0.15) is 30.3 Å². The van der Waals surface area contributed by atoms with Crippen LogP contribution in [0.4, 0.5) is 0 Å². The van der Waals surface area contributed by atoms with Crippen molar-refractivity contribution in [2.45, 2.75) is 18.8 Å². The molecule has 0 radical (unpaired) electrons. The lowest BCUT2D eigenvalue weighted by Crippen LogP contribution is -2.29. The second kappa shape index (κ2) is 5.14. The minimum atomic E-state index is -0.956. The predicted octanol–water partition coefficient (Wildman–Crippen LogP) is 1.32. The summed E-state index contributed by atoms with van der Waals surface area (Å²) in [7, 11) is 2.13. The lowest BCUT2D eigenvalue weighted by Gasteiger charge is -2.28. The molecule has 1 saturated heterocycles. The third-order valence-corrected chi connectivity index (χ3v) is 3.16. The SMILES string of the molecule is CN1CCC(c2cnc(/C=C/C(=O)O)[nH]2)CC1. The highest BCUT2D eigenvalue weighted by Gasteiger charge is 2.19. The highest BCUT2D eigenvalue weighted by molar-refractivity contribution is 5.84. The van der Waals surface area contributed by atoms with E-state index in [1.807, 2.05) is 6.20 Å². The summed E-state index contributed by atoms with van der Waals surface area (Å²) in [6.07, 6.45) is 6.65. The van der Waals surface area contributed by atoms with Crippen LogP contribution in [0, 0.1) is 0 Å². The van der Waals surface area contributed by atoms with E-state index in [2.05, 4.69) is 21.9 Å². The lowest BCUT2D eigenvalue weighted by atomic mass is 9.94. The van der Waals surface area contributed by atoms with Gasteiger partial charge in [-0.1, -0.05) is 0 Å². The molecule has 2 heterocycles. The molecule has 1 aliphatic rings. The van der Waals surface area contributed by atoms with Crippen molar-refractivity contribution in [3.05, 3.63) is 23.8 Å². The van der Waals surface area contributed by atoms with Gasteiger partial charge in [-0.15, -0.1) is 0 Å². The number of likely N-dealkylation sites (tertiary alicyclic amines) is 1. The summed E-state index contributed by atoms with van der Waals surface area (Å²) in [6.45, 7) is 2.20. The van der Waals surface area contributed by atoms with Crippen molar-refractivity contribution in [2.24, 2.45) is 0 Å². The number of nitrogens with one attached hydrogen (secondary N) is 1. The first-order chi connectivity index (χ1) is 8.15. The maximum atomic E-state index is 10.4. The smallest absolute Gasteiger partial charge is 0.328 e. The first kappa shape index (κ1) is 11.9. The fourth-order valence-electron chi connectivity index (χ4n) is 2.11. The number of hydrogen-bond acceptors (Lipinski definition) is 3. The number of aromatic nitrogens is 2. The fourth-order valence-corrected chi connectivity index (χ4v) is 2.11. The van der Waals surface area contributed by atoms with Gasteiger partial charge >= 0.3 is 5.97 Å². The average molecular weight is 235 g/mol. The molecule has 5 heteroatoms. The van der Waals surface area contributed by atoms with Crippen molar-refractivity contribution in [2.75, 3.05) is 20.1 Å². The van der Waals surface area contributed by atoms with Crippen LogP contribution in [-0.4, -0.2) is 46.1 Å². The predicted molar refractivity (Wildman–Crippen MR) is 64.7 cm³/mol. The van der Waals surface area contributed by atoms with E-state index in [0.717, 1.165) is 37.7 Å². The Hall–Kier alpha value is -1.62. The fraction of sp³-hybridized carbons (Fsp3) is 0.500. The summed E-state index contributed by atoms with van der Waals surface area (Å²) in [5.74, 6) is 0.175. The first-order valence-electron chi connectivity index (χ1n) is 5.79. The summed E-state index contributed by atoms with van der Waals surface area (Å²) in [5.41, 5.74) is 1.11. The molecule has 0 atom stereocenters. The quantitative estimate of drug-likeness (QED) is 0.775. The Morgan fingerprint density at radius 1 is 1.59 bits per heavy atom. The van der Waals surface area contributed by atoms with Crippen LogP contribution in [0.25, 0.3) is 6.08 Å². The summed E-state index contributed by atoms with van der Waals surface area (Å²) >= 11 is 0. The molecule has 0 saturated carbocycles. The standard InChI is InChI=1S/C12H17N3O2/c1-15-6-4-9(5-7-15)10-8-13-11(14-10)2-3-12(16)17/h2-3,8-9H,4-7H2,1H3,(H,13,14)(H,16,17)/b3-2+. The van der Waals surface area contributed by atoms with E-state index >= 15 is 0 Å². The van der Waals surface area contributed by atoms with Crippen molar-refractivity contribution in [3.8, 4) is 0 Å². The molecule has 0 aliphatic carbocycles. The Labute approximate surface area is 100 Å². The number of H-pyrrole nitrogens is 1. The third kappa shape index (κ3) is 3.17.